The van der Waals surface area contributed by atoms with Crippen molar-refractivity contribution in [1.29, 1.82) is 0 Å². The summed E-state index contributed by atoms with van der Waals surface area (Å²) in [5, 5.41) is 14.5. The van der Waals surface area contributed by atoms with Crippen molar-refractivity contribution in [2.24, 2.45) is 5.10 Å². The number of hydrazone groups is 1. The zero-order valence-corrected chi connectivity index (χ0v) is 16.9. The first-order valence-corrected chi connectivity index (χ1v) is 9.22. The van der Waals surface area contributed by atoms with Gasteiger partial charge in [0.05, 0.1) is 24.3 Å². The second-order valence-electron chi connectivity index (χ2n) is 6.34. The van der Waals surface area contributed by atoms with Crippen LogP contribution in [0.4, 0.5) is 13.2 Å². The number of benzene rings is 2. The van der Waals surface area contributed by atoms with E-state index in [2.05, 4.69) is 5.10 Å². The van der Waals surface area contributed by atoms with E-state index in [0.717, 1.165) is 0 Å². The molecule has 2 aromatic carbocycles. The summed E-state index contributed by atoms with van der Waals surface area (Å²) in [7, 11) is 1.40. The van der Waals surface area contributed by atoms with E-state index in [1.54, 1.807) is 12.1 Å². The molecule has 0 aromatic heterocycles. The van der Waals surface area contributed by atoms with Crippen LogP contribution in [-0.2, 0) is 4.79 Å². The molecule has 1 atom stereocenters. The molecule has 0 saturated carbocycles. The van der Waals surface area contributed by atoms with Crippen molar-refractivity contribution >= 4 is 34.8 Å². The molecule has 1 heterocycles. The Bertz CT molecular complexity index is 1000. The van der Waals surface area contributed by atoms with Crippen molar-refractivity contribution in [1.82, 2.24) is 5.01 Å². The standard InChI is InChI=1S/C19H15Cl2F3N2O4/c1-29-13-4-2-3-11(7-13)15-9-18(28,19(22,23)24)26(25-15)17(27)10-30-16-6-5-12(20)8-14(16)21/h2-8,28H,9-10H2,1H3. The fourth-order valence-electron chi connectivity index (χ4n) is 2.78. The molecule has 1 N–H and O–H groups in total. The van der Waals surface area contributed by atoms with E-state index in [4.69, 9.17) is 32.7 Å². The van der Waals surface area contributed by atoms with Gasteiger partial charge < -0.3 is 14.6 Å². The van der Waals surface area contributed by atoms with Crippen LogP contribution in [0.15, 0.2) is 47.6 Å². The molecule has 3 rings (SSSR count). The van der Waals surface area contributed by atoms with E-state index in [1.165, 1.54) is 37.4 Å². The van der Waals surface area contributed by atoms with Crippen molar-refractivity contribution < 1.29 is 32.5 Å². The molecule has 1 unspecified atom stereocenters. The predicted molar refractivity (Wildman–Crippen MR) is 104 cm³/mol. The number of rotatable bonds is 5. The van der Waals surface area contributed by atoms with Crippen LogP contribution >= 0.6 is 23.2 Å². The maximum atomic E-state index is 13.6. The van der Waals surface area contributed by atoms with Gasteiger partial charge in [0.1, 0.15) is 11.5 Å². The Kier molecular flexibility index (Phi) is 6.16. The number of carbonyl (C=O) groups is 1. The fraction of sp³-hybridized carbons (Fsp3) is 0.263. The minimum absolute atomic E-state index is 0.00830. The first kappa shape index (κ1) is 22.2. The molecule has 0 aliphatic carbocycles. The molecule has 11 heteroatoms. The van der Waals surface area contributed by atoms with Gasteiger partial charge in [0.25, 0.3) is 11.6 Å². The average molecular weight is 463 g/mol. The van der Waals surface area contributed by atoms with Gasteiger partial charge in [0, 0.05) is 10.6 Å². The van der Waals surface area contributed by atoms with E-state index in [-0.39, 0.29) is 27.1 Å². The SMILES string of the molecule is COc1cccc(C2=NN(C(=O)COc3ccc(Cl)cc3Cl)C(O)(C(F)(F)F)C2)c1. The molecule has 6 nitrogen and oxygen atoms in total. The summed E-state index contributed by atoms with van der Waals surface area (Å²) in [5.41, 5.74) is -3.38. The third-order valence-corrected chi connectivity index (χ3v) is 4.85. The Balaban J connectivity index is 1.87. The molecule has 1 amide bonds. The lowest BCUT2D eigenvalue weighted by molar-refractivity contribution is -0.302. The molecule has 160 valence electrons. The highest BCUT2D eigenvalue weighted by atomic mass is 35.5. The molecule has 0 radical (unpaired) electrons. The van der Waals surface area contributed by atoms with E-state index in [1.807, 2.05) is 0 Å². The van der Waals surface area contributed by atoms with Gasteiger partial charge in [0.15, 0.2) is 6.61 Å². The summed E-state index contributed by atoms with van der Waals surface area (Å²) < 4.78 is 51.2. The van der Waals surface area contributed by atoms with Crippen molar-refractivity contribution in [3.8, 4) is 11.5 Å². The van der Waals surface area contributed by atoms with Gasteiger partial charge in [-0.1, -0.05) is 35.3 Å². The minimum Gasteiger partial charge on any atom is -0.497 e. The van der Waals surface area contributed by atoms with Crippen molar-refractivity contribution in [2.45, 2.75) is 18.3 Å². The number of halogens is 5. The molecule has 0 saturated heterocycles. The van der Waals surface area contributed by atoms with Crippen LogP contribution in [0.3, 0.4) is 0 Å². The maximum absolute atomic E-state index is 13.6. The number of hydrogen-bond donors (Lipinski definition) is 1. The highest BCUT2D eigenvalue weighted by Gasteiger charge is 2.63. The summed E-state index contributed by atoms with van der Waals surface area (Å²) in [6.07, 6.45) is -6.11. The Morgan fingerprint density at radius 2 is 2.00 bits per heavy atom. The van der Waals surface area contributed by atoms with Gasteiger partial charge in [-0.15, -0.1) is 0 Å². The average Bonchev–Trinajstić information content (AvgIpc) is 3.06. The Hall–Kier alpha value is -2.49. The van der Waals surface area contributed by atoms with Gasteiger partial charge in [-0.3, -0.25) is 4.79 Å². The summed E-state index contributed by atoms with van der Waals surface area (Å²) in [4.78, 5) is 12.5. The van der Waals surface area contributed by atoms with Gasteiger partial charge in [-0.05, 0) is 30.3 Å². The minimum atomic E-state index is -5.16. The number of hydrogen-bond acceptors (Lipinski definition) is 5. The first-order valence-electron chi connectivity index (χ1n) is 8.47. The highest BCUT2D eigenvalue weighted by Crippen LogP contribution is 2.41. The third-order valence-electron chi connectivity index (χ3n) is 4.32. The summed E-state index contributed by atoms with van der Waals surface area (Å²) in [5.74, 6) is -0.781. The van der Waals surface area contributed by atoms with Crippen LogP contribution in [0.5, 0.6) is 11.5 Å². The third kappa shape index (κ3) is 4.33. The second-order valence-corrected chi connectivity index (χ2v) is 7.18. The maximum Gasteiger partial charge on any atom is 0.438 e. The Morgan fingerprint density at radius 1 is 1.27 bits per heavy atom. The predicted octanol–water partition coefficient (Wildman–Crippen LogP) is 4.27. The molecule has 0 spiro atoms. The molecule has 1 aliphatic heterocycles. The van der Waals surface area contributed by atoms with E-state index in [9.17, 15) is 23.1 Å². The molecular weight excluding hydrogens is 448 g/mol. The van der Waals surface area contributed by atoms with Crippen molar-refractivity contribution in [2.75, 3.05) is 13.7 Å². The topological polar surface area (TPSA) is 71.4 Å². The van der Waals surface area contributed by atoms with Gasteiger partial charge in [0.2, 0.25) is 0 Å². The number of alkyl halides is 3. The Labute approximate surface area is 179 Å². The number of methoxy groups -OCH3 is 1. The molecule has 0 bridgehead atoms. The molecule has 2 aromatic rings. The summed E-state index contributed by atoms with van der Waals surface area (Å²) in [6.45, 7) is -0.839. The smallest absolute Gasteiger partial charge is 0.438 e. The van der Waals surface area contributed by atoms with Crippen LogP contribution < -0.4 is 9.47 Å². The molecule has 0 fully saturated rings. The summed E-state index contributed by atoms with van der Waals surface area (Å²) in [6, 6.07) is 10.3. The van der Waals surface area contributed by atoms with E-state index < -0.39 is 30.8 Å². The lowest BCUT2D eigenvalue weighted by Crippen LogP contribution is -2.57. The lowest BCUT2D eigenvalue weighted by Gasteiger charge is -2.32. The number of ether oxygens (including phenoxy) is 2. The normalized spacial score (nSPS) is 18.9. The monoisotopic (exact) mass is 462 g/mol. The van der Waals surface area contributed by atoms with Crippen LogP contribution in [-0.4, -0.2) is 47.4 Å². The Morgan fingerprint density at radius 3 is 2.63 bits per heavy atom. The van der Waals surface area contributed by atoms with E-state index in [0.29, 0.717) is 10.8 Å². The van der Waals surface area contributed by atoms with Crippen LogP contribution in [0.2, 0.25) is 10.0 Å². The number of carbonyl (C=O) groups excluding carboxylic acids is 1. The molecular formula is C19H15Cl2F3N2O4. The van der Waals surface area contributed by atoms with Crippen LogP contribution in [0.25, 0.3) is 0 Å². The quantitative estimate of drug-likeness (QED) is 0.720. The fourth-order valence-corrected chi connectivity index (χ4v) is 3.25. The van der Waals surface area contributed by atoms with Gasteiger partial charge >= 0.3 is 6.18 Å². The second kappa shape index (κ2) is 8.33. The molecule has 1 aliphatic rings. The zero-order chi connectivity index (χ0) is 22.1. The van der Waals surface area contributed by atoms with Crippen molar-refractivity contribution in [3.63, 3.8) is 0 Å². The summed E-state index contributed by atoms with van der Waals surface area (Å²) >= 11 is 11.7. The van der Waals surface area contributed by atoms with Crippen LogP contribution in [0, 0.1) is 0 Å². The largest absolute Gasteiger partial charge is 0.497 e. The van der Waals surface area contributed by atoms with Gasteiger partial charge in [-0.2, -0.15) is 23.3 Å². The first-order chi connectivity index (χ1) is 14.0. The zero-order valence-electron chi connectivity index (χ0n) is 15.4. The highest BCUT2D eigenvalue weighted by molar-refractivity contribution is 6.35. The van der Waals surface area contributed by atoms with E-state index >= 15 is 0 Å². The number of aliphatic hydroxyl groups is 1. The number of amides is 1. The van der Waals surface area contributed by atoms with Crippen molar-refractivity contribution in [3.05, 3.63) is 58.1 Å². The lowest BCUT2D eigenvalue weighted by atomic mass is 10.0. The van der Waals surface area contributed by atoms with Crippen LogP contribution in [0.1, 0.15) is 12.0 Å². The van der Waals surface area contributed by atoms with Gasteiger partial charge in [-0.25, -0.2) is 0 Å². The number of nitrogens with zero attached hydrogens (tertiary/aromatic N) is 2. The molecule has 30 heavy (non-hydrogen) atoms.